The molecule has 0 aliphatic heterocycles. The summed E-state index contributed by atoms with van der Waals surface area (Å²) in [6, 6.07) is 17.1. The molecule has 5 heteroatoms. The molecule has 0 aromatic heterocycles. The lowest BCUT2D eigenvalue weighted by Crippen LogP contribution is -2.05. The van der Waals surface area contributed by atoms with Gasteiger partial charge in [-0.05, 0) is 30.7 Å². The number of halogens is 2. The van der Waals surface area contributed by atoms with Crippen LogP contribution in [0.2, 0.25) is 5.02 Å². The minimum atomic E-state index is -1.07. The van der Waals surface area contributed by atoms with Crippen molar-refractivity contribution in [1.82, 2.24) is 0 Å². The maximum atomic E-state index is 14.3. The van der Waals surface area contributed by atoms with Gasteiger partial charge in [0, 0.05) is 11.1 Å². The Hall–Kier alpha value is -2.85. The van der Waals surface area contributed by atoms with Crippen molar-refractivity contribution in [2.75, 3.05) is 5.32 Å². The first-order valence-corrected chi connectivity index (χ1v) is 8.00. The second-order valence-electron chi connectivity index (χ2n) is 5.56. The number of nitrogens with one attached hydrogen (secondary N) is 1. The molecule has 0 fully saturated rings. The first-order valence-electron chi connectivity index (χ1n) is 7.62. The number of hydrogen-bond acceptors (Lipinski definition) is 2. The third-order valence-corrected chi connectivity index (χ3v) is 4.25. The number of carboxylic acids is 1. The zero-order valence-electron chi connectivity index (χ0n) is 13.4. The molecule has 0 saturated heterocycles. The van der Waals surface area contributed by atoms with Crippen LogP contribution in [0.15, 0.2) is 60.7 Å². The van der Waals surface area contributed by atoms with Gasteiger partial charge in [-0.2, -0.15) is 0 Å². The van der Waals surface area contributed by atoms with E-state index in [1.807, 2.05) is 30.3 Å². The number of anilines is 2. The number of para-hydroxylation sites is 1. The van der Waals surface area contributed by atoms with Gasteiger partial charge in [0.25, 0.3) is 0 Å². The Morgan fingerprint density at radius 2 is 1.72 bits per heavy atom. The third-order valence-electron chi connectivity index (χ3n) is 3.96. The fraction of sp³-hybridized carbons (Fsp3) is 0.0500. The number of rotatable bonds is 4. The van der Waals surface area contributed by atoms with Crippen LogP contribution in [0, 0.1) is 12.7 Å². The summed E-state index contributed by atoms with van der Waals surface area (Å²) in [5.41, 5.74) is 2.72. The van der Waals surface area contributed by atoms with Crippen molar-refractivity contribution in [2.45, 2.75) is 6.92 Å². The summed E-state index contributed by atoms with van der Waals surface area (Å²) in [7, 11) is 0. The molecule has 3 nitrogen and oxygen atoms in total. The molecule has 0 amide bonds. The Bertz CT molecular complexity index is 942. The summed E-state index contributed by atoms with van der Waals surface area (Å²) in [4.78, 5) is 11.4. The maximum Gasteiger partial charge on any atom is 0.337 e. The van der Waals surface area contributed by atoms with Gasteiger partial charge in [0.05, 0.1) is 22.0 Å². The van der Waals surface area contributed by atoms with E-state index in [1.165, 1.54) is 12.1 Å². The van der Waals surface area contributed by atoms with Gasteiger partial charge >= 0.3 is 5.97 Å². The fourth-order valence-electron chi connectivity index (χ4n) is 2.67. The highest BCUT2D eigenvalue weighted by Crippen LogP contribution is 2.40. The van der Waals surface area contributed by atoms with E-state index < -0.39 is 11.8 Å². The van der Waals surface area contributed by atoms with Crippen LogP contribution in [-0.4, -0.2) is 11.1 Å². The van der Waals surface area contributed by atoms with E-state index in [0.29, 0.717) is 22.5 Å². The van der Waals surface area contributed by atoms with Crippen LogP contribution in [0.4, 0.5) is 15.8 Å². The van der Waals surface area contributed by atoms with Crippen molar-refractivity contribution < 1.29 is 14.3 Å². The quantitative estimate of drug-likeness (QED) is 0.612. The van der Waals surface area contributed by atoms with Crippen LogP contribution in [0.3, 0.4) is 0 Å². The SMILES string of the molecule is Cc1c(F)cc(Cl)c(-c2ccccc2)c1Nc1ccccc1C(=O)O. The largest absolute Gasteiger partial charge is 0.478 e. The fourth-order valence-corrected chi connectivity index (χ4v) is 2.97. The van der Waals surface area contributed by atoms with Gasteiger partial charge in [0.2, 0.25) is 0 Å². The molecule has 126 valence electrons. The summed E-state index contributed by atoms with van der Waals surface area (Å²) in [5, 5.41) is 12.7. The average Bonchev–Trinajstić information content (AvgIpc) is 2.60. The second-order valence-corrected chi connectivity index (χ2v) is 5.96. The normalized spacial score (nSPS) is 10.5. The van der Waals surface area contributed by atoms with E-state index in [2.05, 4.69) is 5.32 Å². The van der Waals surface area contributed by atoms with Crippen LogP contribution < -0.4 is 5.32 Å². The molecule has 0 spiro atoms. The van der Waals surface area contributed by atoms with Crippen molar-refractivity contribution in [3.63, 3.8) is 0 Å². The van der Waals surface area contributed by atoms with E-state index in [9.17, 15) is 14.3 Å². The summed E-state index contributed by atoms with van der Waals surface area (Å²) in [5.74, 6) is -1.52. The molecule has 3 aromatic carbocycles. The van der Waals surface area contributed by atoms with Crippen molar-refractivity contribution >= 4 is 28.9 Å². The minimum absolute atomic E-state index is 0.0984. The van der Waals surface area contributed by atoms with Crippen molar-refractivity contribution in [3.05, 3.63) is 82.6 Å². The summed E-state index contributed by atoms with van der Waals surface area (Å²) < 4.78 is 14.3. The summed E-state index contributed by atoms with van der Waals surface area (Å²) >= 11 is 6.31. The topological polar surface area (TPSA) is 49.3 Å². The lowest BCUT2D eigenvalue weighted by atomic mass is 9.99. The van der Waals surface area contributed by atoms with Gasteiger partial charge in [-0.25, -0.2) is 9.18 Å². The lowest BCUT2D eigenvalue weighted by molar-refractivity contribution is 0.0698. The predicted octanol–water partition coefficient (Wildman–Crippen LogP) is 5.90. The number of aromatic carboxylic acids is 1. The van der Waals surface area contributed by atoms with Crippen molar-refractivity contribution in [1.29, 1.82) is 0 Å². The molecule has 0 unspecified atom stereocenters. The average molecular weight is 356 g/mol. The molecule has 3 rings (SSSR count). The Morgan fingerprint density at radius 1 is 1.08 bits per heavy atom. The molecule has 0 aliphatic carbocycles. The summed E-state index contributed by atoms with van der Waals surface area (Å²) in [6.07, 6.45) is 0. The van der Waals surface area contributed by atoms with E-state index in [1.54, 1.807) is 25.1 Å². The van der Waals surface area contributed by atoms with Gasteiger partial charge in [-0.15, -0.1) is 0 Å². The first kappa shape index (κ1) is 17.0. The monoisotopic (exact) mass is 355 g/mol. The molecule has 0 heterocycles. The predicted molar refractivity (Wildman–Crippen MR) is 98.3 cm³/mol. The van der Waals surface area contributed by atoms with Gasteiger partial charge in [-0.3, -0.25) is 0 Å². The molecule has 0 bridgehead atoms. The standard InChI is InChI=1S/C20H15ClFNO2/c1-12-16(22)11-15(21)18(13-7-3-2-4-8-13)19(12)23-17-10-6-5-9-14(17)20(24)25/h2-11,23H,1H3,(H,24,25). The smallest absolute Gasteiger partial charge is 0.337 e. The molecule has 0 aliphatic rings. The highest BCUT2D eigenvalue weighted by Gasteiger charge is 2.18. The number of carboxylic acid groups (broad SMARTS) is 1. The highest BCUT2D eigenvalue weighted by molar-refractivity contribution is 6.34. The molecule has 2 N–H and O–H groups in total. The zero-order chi connectivity index (χ0) is 18.0. The molecule has 0 atom stereocenters. The number of carbonyl (C=O) groups is 1. The number of hydrogen-bond donors (Lipinski definition) is 2. The van der Waals surface area contributed by atoms with Crippen molar-refractivity contribution in [2.24, 2.45) is 0 Å². The Labute approximate surface area is 149 Å². The van der Waals surface area contributed by atoms with Gasteiger partial charge in [-0.1, -0.05) is 54.1 Å². The maximum absolute atomic E-state index is 14.3. The van der Waals surface area contributed by atoms with Crippen LogP contribution in [0.1, 0.15) is 15.9 Å². The molecule has 25 heavy (non-hydrogen) atoms. The van der Waals surface area contributed by atoms with Crippen LogP contribution in [-0.2, 0) is 0 Å². The van der Waals surface area contributed by atoms with Crippen LogP contribution in [0.25, 0.3) is 11.1 Å². The molecule has 0 saturated carbocycles. The van der Waals surface area contributed by atoms with Crippen LogP contribution in [0.5, 0.6) is 0 Å². The van der Waals surface area contributed by atoms with Gasteiger partial charge in [0.1, 0.15) is 5.82 Å². The Kier molecular flexibility index (Phi) is 4.72. The third kappa shape index (κ3) is 3.35. The van der Waals surface area contributed by atoms with E-state index in [-0.39, 0.29) is 10.6 Å². The molecular formula is C20H15ClFNO2. The zero-order valence-corrected chi connectivity index (χ0v) is 14.1. The Balaban J connectivity index is 2.21. The molecule has 3 aromatic rings. The Morgan fingerprint density at radius 3 is 2.40 bits per heavy atom. The second kappa shape index (κ2) is 6.95. The van der Waals surface area contributed by atoms with Crippen LogP contribution >= 0.6 is 11.6 Å². The minimum Gasteiger partial charge on any atom is -0.478 e. The van der Waals surface area contributed by atoms with E-state index in [4.69, 9.17) is 11.6 Å². The highest BCUT2D eigenvalue weighted by atomic mass is 35.5. The lowest BCUT2D eigenvalue weighted by Gasteiger charge is -2.18. The first-order chi connectivity index (χ1) is 12.0. The number of benzene rings is 3. The molecule has 0 radical (unpaired) electrons. The van der Waals surface area contributed by atoms with Gasteiger partial charge < -0.3 is 10.4 Å². The van der Waals surface area contributed by atoms with E-state index >= 15 is 0 Å². The van der Waals surface area contributed by atoms with E-state index in [0.717, 1.165) is 5.56 Å². The summed E-state index contributed by atoms with van der Waals surface area (Å²) in [6.45, 7) is 1.63. The molecular weight excluding hydrogens is 341 g/mol. The van der Waals surface area contributed by atoms with Crippen molar-refractivity contribution in [3.8, 4) is 11.1 Å². The van der Waals surface area contributed by atoms with Gasteiger partial charge in [0.15, 0.2) is 0 Å².